The Kier molecular flexibility index (Phi) is 9.52. The largest absolute Gasteiger partial charge is 0.467 e. The number of Topliss-reactive ketones (excluding diaryl/α,β-unsaturated/α-hetero) is 1. The number of rotatable bonds is 10. The predicted octanol–water partition coefficient (Wildman–Crippen LogP) is 0.301. The second-order valence-corrected chi connectivity index (χ2v) is 5.77. The summed E-state index contributed by atoms with van der Waals surface area (Å²) in [4.78, 5) is 46.9. The molecule has 0 aliphatic heterocycles. The van der Waals surface area contributed by atoms with Crippen LogP contribution in [0.4, 0.5) is 4.79 Å². The smallest absolute Gasteiger partial charge is 0.408 e. The maximum absolute atomic E-state index is 12.2. The maximum Gasteiger partial charge on any atom is 0.408 e. The number of carbonyl (C=O) groups is 4. The Morgan fingerprint density at radius 1 is 1.07 bits per heavy atom. The van der Waals surface area contributed by atoms with E-state index in [4.69, 9.17) is 4.74 Å². The van der Waals surface area contributed by atoms with Crippen LogP contribution in [0.3, 0.4) is 0 Å². The summed E-state index contributed by atoms with van der Waals surface area (Å²) in [7, 11) is 1.15. The molecule has 9 heteroatoms. The summed E-state index contributed by atoms with van der Waals surface area (Å²) in [5.74, 6) is -1.68. The van der Waals surface area contributed by atoms with Crippen LogP contribution in [0.15, 0.2) is 30.3 Å². The lowest BCUT2D eigenvalue weighted by molar-refractivity contribution is -0.145. The molecule has 0 aliphatic rings. The minimum atomic E-state index is -1.32. The molecule has 1 rings (SSSR count). The maximum atomic E-state index is 12.2. The minimum Gasteiger partial charge on any atom is -0.467 e. The van der Waals surface area contributed by atoms with Crippen molar-refractivity contribution in [2.75, 3.05) is 13.7 Å². The number of methoxy groups -OCH3 is 1. The number of ketones is 1. The first-order valence-electron chi connectivity index (χ1n) is 8.33. The summed E-state index contributed by atoms with van der Waals surface area (Å²) in [5, 5.41) is 13.9. The first kappa shape index (κ1) is 22.1. The van der Waals surface area contributed by atoms with E-state index in [1.807, 2.05) is 6.07 Å². The van der Waals surface area contributed by atoms with E-state index in [2.05, 4.69) is 15.4 Å². The zero-order valence-electron chi connectivity index (χ0n) is 15.3. The molecule has 0 saturated carbocycles. The zero-order chi connectivity index (χ0) is 20.2. The average molecular weight is 380 g/mol. The highest BCUT2D eigenvalue weighted by Crippen LogP contribution is 2.03. The number of hydrogen-bond donors (Lipinski definition) is 3. The van der Waals surface area contributed by atoms with Crippen LogP contribution < -0.4 is 10.6 Å². The molecular weight excluding hydrogens is 356 g/mol. The van der Waals surface area contributed by atoms with E-state index in [-0.39, 0.29) is 25.2 Å². The van der Waals surface area contributed by atoms with Gasteiger partial charge in [-0.2, -0.15) is 0 Å². The Morgan fingerprint density at radius 2 is 1.74 bits per heavy atom. The second-order valence-electron chi connectivity index (χ2n) is 5.77. The van der Waals surface area contributed by atoms with E-state index in [1.54, 1.807) is 24.3 Å². The summed E-state index contributed by atoms with van der Waals surface area (Å²) in [5.41, 5.74) is 0.757. The van der Waals surface area contributed by atoms with Gasteiger partial charge in [-0.15, -0.1) is 0 Å². The molecule has 3 N–H and O–H groups in total. The Balaban J connectivity index is 2.58. The quantitative estimate of drug-likeness (QED) is 0.498. The molecule has 1 aromatic rings. The van der Waals surface area contributed by atoms with Crippen molar-refractivity contribution in [1.29, 1.82) is 0 Å². The van der Waals surface area contributed by atoms with E-state index < -0.39 is 36.7 Å². The van der Waals surface area contributed by atoms with Gasteiger partial charge in [0.2, 0.25) is 5.91 Å². The molecule has 0 spiro atoms. The predicted molar refractivity (Wildman–Crippen MR) is 94.5 cm³/mol. The van der Waals surface area contributed by atoms with Crippen LogP contribution in [-0.2, 0) is 30.5 Å². The monoisotopic (exact) mass is 380 g/mol. The zero-order valence-corrected chi connectivity index (χ0v) is 15.3. The Labute approximate surface area is 157 Å². The molecule has 0 aliphatic carbocycles. The van der Waals surface area contributed by atoms with Gasteiger partial charge in [0.1, 0.15) is 24.5 Å². The number of esters is 1. The molecule has 148 valence electrons. The van der Waals surface area contributed by atoms with Crippen LogP contribution in [-0.4, -0.2) is 54.7 Å². The molecule has 2 atom stereocenters. The molecule has 0 unspecified atom stereocenters. The Hall–Kier alpha value is -2.94. The Bertz CT molecular complexity index is 648. The lowest BCUT2D eigenvalue weighted by atomic mass is 10.1. The fourth-order valence-corrected chi connectivity index (χ4v) is 2.11. The molecule has 0 saturated heterocycles. The lowest BCUT2D eigenvalue weighted by Crippen LogP contribution is -2.53. The first-order valence-corrected chi connectivity index (χ1v) is 8.33. The van der Waals surface area contributed by atoms with Crippen molar-refractivity contribution in [3.8, 4) is 0 Å². The minimum absolute atomic E-state index is 0.00413. The summed E-state index contributed by atoms with van der Waals surface area (Å²) in [6.45, 7) is 0.652. The highest BCUT2D eigenvalue weighted by atomic mass is 16.5. The summed E-state index contributed by atoms with van der Waals surface area (Å²) >= 11 is 0. The summed E-state index contributed by atoms with van der Waals surface area (Å²) in [6, 6.07) is 6.53. The highest BCUT2D eigenvalue weighted by Gasteiger charge is 2.27. The highest BCUT2D eigenvalue weighted by molar-refractivity contribution is 5.90. The second kappa shape index (κ2) is 11.6. The van der Waals surface area contributed by atoms with E-state index in [9.17, 15) is 24.3 Å². The number of hydrogen-bond acceptors (Lipinski definition) is 7. The van der Waals surface area contributed by atoms with Crippen LogP contribution >= 0.6 is 0 Å². The van der Waals surface area contributed by atoms with Crippen LogP contribution in [0.5, 0.6) is 0 Å². The van der Waals surface area contributed by atoms with Gasteiger partial charge in [-0.05, 0) is 18.9 Å². The molecule has 0 radical (unpaired) electrons. The number of aliphatic hydroxyl groups is 1. The van der Waals surface area contributed by atoms with Gasteiger partial charge in [0, 0.05) is 6.42 Å². The van der Waals surface area contributed by atoms with Crippen molar-refractivity contribution in [2.24, 2.45) is 0 Å². The summed E-state index contributed by atoms with van der Waals surface area (Å²) in [6.07, 6.45) is -0.785. The number of nitrogens with one attached hydrogen (secondary N) is 2. The van der Waals surface area contributed by atoms with Crippen molar-refractivity contribution >= 4 is 23.8 Å². The van der Waals surface area contributed by atoms with Gasteiger partial charge in [-0.3, -0.25) is 4.79 Å². The standard InChI is InChI=1S/C18H24N2O7/c1-12(22)8-9-14(17(24)26-2)19-16(23)15(10-21)20-18(25)27-11-13-6-4-3-5-7-13/h3-7,14-15,21H,8-11H2,1-2H3,(H,19,23)(H,20,25)/t14-,15-/m0/s1. The molecule has 9 nitrogen and oxygen atoms in total. The molecule has 2 amide bonds. The average Bonchev–Trinajstić information content (AvgIpc) is 2.67. The van der Waals surface area contributed by atoms with E-state index in [0.29, 0.717) is 0 Å². The van der Waals surface area contributed by atoms with Gasteiger partial charge in [-0.25, -0.2) is 9.59 Å². The van der Waals surface area contributed by atoms with E-state index in [0.717, 1.165) is 12.7 Å². The van der Waals surface area contributed by atoms with Crippen LogP contribution in [0.2, 0.25) is 0 Å². The number of carbonyl (C=O) groups excluding carboxylic acids is 4. The molecule has 0 fully saturated rings. The third kappa shape index (κ3) is 8.32. The number of aliphatic hydroxyl groups excluding tert-OH is 1. The molecular formula is C18H24N2O7. The van der Waals surface area contributed by atoms with Crippen LogP contribution in [0.25, 0.3) is 0 Å². The van der Waals surface area contributed by atoms with Crippen molar-refractivity contribution < 1.29 is 33.8 Å². The number of amides is 2. The van der Waals surface area contributed by atoms with Gasteiger partial charge in [0.25, 0.3) is 0 Å². The lowest BCUT2D eigenvalue weighted by Gasteiger charge is -2.20. The van der Waals surface area contributed by atoms with E-state index >= 15 is 0 Å². The fraction of sp³-hybridized carbons (Fsp3) is 0.444. The van der Waals surface area contributed by atoms with Gasteiger partial charge in [0.05, 0.1) is 13.7 Å². The van der Waals surface area contributed by atoms with Gasteiger partial charge < -0.3 is 30.0 Å². The van der Waals surface area contributed by atoms with Crippen molar-refractivity contribution in [1.82, 2.24) is 10.6 Å². The number of ether oxygens (including phenoxy) is 2. The van der Waals surface area contributed by atoms with Crippen molar-refractivity contribution in [3.05, 3.63) is 35.9 Å². The topological polar surface area (TPSA) is 131 Å². The van der Waals surface area contributed by atoms with Crippen LogP contribution in [0, 0.1) is 0 Å². The van der Waals surface area contributed by atoms with Crippen LogP contribution in [0.1, 0.15) is 25.3 Å². The van der Waals surface area contributed by atoms with Gasteiger partial charge in [0.15, 0.2) is 0 Å². The molecule has 0 bridgehead atoms. The normalized spacial score (nSPS) is 12.4. The fourth-order valence-electron chi connectivity index (χ4n) is 2.11. The summed E-state index contributed by atoms with van der Waals surface area (Å²) < 4.78 is 9.57. The first-order chi connectivity index (χ1) is 12.9. The third-order valence-corrected chi connectivity index (χ3v) is 3.59. The molecule has 1 aromatic carbocycles. The molecule has 0 aromatic heterocycles. The molecule has 0 heterocycles. The number of benzene rings is 1. The third-order valence-electron chi connectivity index (χ3n) is 3.59. The van der Waals surface area contributed by atoms with Gasteiger partial charge >= 0.3 is 12.1 Å². The van der Waals surface area contributed by atoms with Crippen molar-refractivity contribution in [3.63, 3.8) is 0 Å². The van der Waals surface area contributed by atoms with Gasteiger partial charge in [-0.1, -0.05) is 30.3 Å². The number of alkyl carbamates (subject to hydrolysis) is 1. The molecule has 27 heavy (non-hydrogen) atoms. The SMILES string of the molecule is COC(=O)[C@H](CCC(C)=O)NC(=O)[C@H](CO)NC(=O)OCc1ccccc1. The van der Waals surface area contributed by atoms with Crippen molar-refractivity contribution in [2.45, 2.75) is 38.5 Å². The van der Waals surface area contributed by atoms with E-state index in [1.165, 1.54) is 6.92 Å². The Morgan fingerprint density at radius 3 is 2.30 bits per heavy atom.